The highest BCUT2D eigenvalue weighted by atomic mass is 32.1. The molecule has 8 heteroatoms. The Bertz CT molecular complexity index is 446. The number of thiophene rings is 1. The van der Waals surface area contributed by atoms with Crippen molar-refractivity contribution in [2.24, 2.45) is 0 Å². The molecular weight excluding hydrogens is 293 g/mol. The Morgan fingerprint density at radius 2 is 2.10 bits per heavy atom. The van der Waals surface area contributed by atoms with Crippen LogP contribution in [0.2, 0.25) is 0 Å². The van der Waals surface area contributed by atoms with Crippen molar-refractivity contribution in [2.45, 2.75) is 19.0 Å². The highest BCUT2D eigenvalue weighted by molar-refractivity contribution is 7.12. The van der Waals surface area contributed by atoms with Crippen molar-refractivity contribution in [3.8, 4) is 0 Å². The Morgan fingerprint density at radius 1 is 1.40 bits per heavy atom. The van der Waals surface area contributed by atoms with E-state index in [9.17, 15) is 22.8 Å². The molecule has 1 aromatic rings. The lowest BCUT2D eigenvalue weighted by atomic mass is 10.3. The molecule has 0 saturated carbocycles. The summed E-state index contributed by atoms with van der Waals surface area (Å²) in [6.07, 6.45) is -5.33. The van der Waals surface area contributed by atoms with Crippen LogP contribution in [-0.2, 0) is 4.79 Å². The summed E-state index contributed by atoms with van der Waals surface area (Å²) in [5.74, 6) is -0.716. The molecule has 1 aromatic heterocycles. The Labute approximate surface area is 118 Å². The Balaban J connectivity index is 2.24. The molecule has 0 bridgehead atoms. The second kappa shape index (κ2) is 7.28. The minimum Gasteiger partial charge on any atom is -0.351 e. The van der Waals surface area contributed by atoms with E-state index in [1.807, 2.05) is 0 Å². The van der Waals surface area contributed by atoms with Gasteiger partial charge in [-0.15, -0.1) is 11.3 Å². The molecule has 0 radical (unpaired) electrons. The maximum atomic E-state index is 12.0. The van der Waals surface area contributed by atoms with E-state index in [4.69, 9.17) is 0 Å². The zero-order valence-corrected chi connectivity index (χ0v) is 11.7. The Morgan fingerprint density at radius 3 is 2.65 bits per heavy atom. The second-order valence-corrected chi connectivity index (χ2v) is 5.11. The molecule has 112 valence electrons. The van der Waals surface area contributed by atoms with Crippen LogP contribution >= 0.6 is 11.3 Å². The number of alkyl halides is 3. The van der Waals surface area contributed by atoms with Crippen molar-refractivity contribution < 1.29 is 22.8 Å². The van der Waals surface area contributed by atoms with Crippen molar-refractivity contribution in [3.63, 3.8) is 0 Å². The molecule has 1 heterocycles. The van der Waals surface area contributed by atoms with Gasteiger partial charge in [-0.25, -0.2) is 0 Å². The van der Waals surface area contributed by atoms with Crippen LogP contribution in [-0.4, -0.2) is 43.0 Å². The maximum Gasteiger partial charge on any atom is 0.390 e. The SMILES string of the molecule is CN(CCC(F)(F)F)C(=O)CCNC(=O)c1cccs1. The first-order valence-electron chi connectivity index (χ1n) is 5.92. The fourth-order valence-electron chi connectivity index (χ4n) is 1.39. The minimum absolute atomic E-state index is 0.0223. The number of nitrogens with one attached hydrogen (secondary N) is 1. The summed E-state index contributed by atoms with van der Waals surface area (Å²) in [4.78, 5) is 24.6. The third-order valence-corrected chi connectivity index (χ3v) is 3.39. The van der Waals surface area contributed by atoms with Crippen LogP contribution in [0.5, 0.6) is 0 Å². The van der Waals surface area contributed by atoms with Gasteiger partial charge in [0.15, 0.2) is 0 Å². The number of carbonyl (C=O) groups excluding carboxylic acids is 2. The van der Waals surface area contributed by atoms with Crippen LogP contribution in [0.15, 0.2) is 17.5 Å². The summed E-state index contributed by atoms with van der Waals surface area (Å²) >= 11 is 1.27. The lowest BCUT2D eigenvalue weighted by Crippen LogP contribution is -2.33. The predicted octanol–water partition coefficient (Wildman–Crippen LogP) is 2.28. The van der Waals surface area contributed by atoms with Crippen LogP contribution in [0.25, 0.3) is 0 Å². The number of rotatable bonds is 6. The lowest BCUT2D eigenvalue weighted by molar-refractivity contribution is -0.143. The molecule has 0 aliphatic heterocycles. The fraction of sp³-hybridized carbons (Fsp3) is 0.500. The molecule has 0 saturated heterocycles. The van der Waals surface area contributed by atoms with Gasteiger partial charge >= 0.3 is 6.18 Å². The first-order chi connectivity index (χ1) is 9.29. The van der Waals surface area contributed by atoms with Crippen molar-refractivity contribution in [1.29, 1.82) is 0 Å². The van der Waals surface area contributed by atoms with Gasteiger partial charge in [0.2, 0.25) is 5.91 Å². The van der Waals surface area contributed by atoms with E-state index in [2.05, 4.69) is 5.32 Å². The van der Waals surface area contributed by atoms with Gasteiger partial charge in [0.05, 0.1) is 11.3 Å². The summed E-state index contributed by atoms with van der Waals surface area (Å²) in [6, 6.07) is 3.38. The predicted molar refractivity (Wildman–Crippen MR) is 69.6 cm³/mol. The highest BCUT2D eigenvalue weighted by Crippen LogP contribution is 2.19. The van der Waals surface area contributed by atoms with Crippen molar-refractivity contribution in [1.82, 2.24) is 10.2 Å². The molecule has 1 N–H and O–H groups in total. The molecule has 2 amide bonds. The van der Waals surface area contributed by atoms with E-state index in [-0.39, 0.29) is 25.4 Å². The van der Waals surface area contributed by atoms with Gasteiger partial charge in [-0.2, -0.15) is 13.2 Å². The fourth-order valence-corrected chi connectivity index (χ4v) is 2.03. The number of carbonyl (C=O) groups is 2. The molecule has 0 aliphatic carbocycles. The molecule has 1 rings (SSSR count). The average Bonchev–Trinajstić information content (AvgIpc) is 2.88. The summed E-state index contributed by atoms with van der Waals surface area (Å²) in [6.45, 7) is -0.271. The quantitative estimate of drug-likeness (QED) is 0.876. The van der Waals surface area contributed by atoms with Gasteiger partial charge < -0.3 is 10.2 Å². The largest absolute Gasteiger partial charge is 0.390 e. The first-order valence-corrected chi connectivity index (χ1v) is 6.80. The zero-order valence-electron chi connectivity index (χ0n) is 10.9. The monoisotopic (exact) mass is 308 g/mol. The topological polar surface area (TPSA) is 49.4 Å². The summed E-state index contributed by atoms with van der Waals surface area (Å²) in [5.41, 5.74) is 0. The summed E-state index contributed by atoms with van der Waals surface area (Å²) in [5, 5.41) is 4.30. The molecule has 0 atom stereocenters. The van der Waals surface area contributed by atoms with Gasteiger partial charge in [0.1, 0.15) is 0 Å². The van der Waals surface area contributed by atoms with E-state index in [1.54, 1.807) is 17.5 Å². The van der Waals surface area contributed by atoms with Crippen molar-refractivity contribution in [3.05, 3.63) is 22.4 Å². The van der Waals surface area contributed by atoms with E-state index < -0.39 is 18.5 Å². The molecule has 20 heavy (non-hydrogen) atoms. The highest BCUT2D eigenvalue weighted by Gasteiger charge is 2.27. The van der Waals surface area contributed by atoms with E-state index in [0.717, 1.165) is 4.90 Å². The average molecular weight is 308 g/mol. The standard InChI is InChI=1S/C12H15F3N2O2S/c1-17(7-5-12(13,14)15)10(18)4-6-16-11(19)9-3-2-8-20-9/h2-3,8H,4-7H2,1H3,(H,16,19). The summed E-state index contributed by atoms with van der Waals surface area (Å²) in [7, 11) is 1.31. The van der Waals surface area contributed by atoms with Crippen LogP contribution in [0.3, 0.4) is 0 Å². The van der Waals surface area contributed by atoms with Gasteiger partial charge in [-0.3, -0.25) is 9.59 Å². The number of hydrogen-bond donors (Lipinski definition) is 1. The molecule has 0 aromatic carbocycles. The van der Waals surface area contributed by atoms with Gasteiger partial charge in [0.25, 0.3) is 5.91 Å². The Hall–Kier alpha value is -1.57. The third-order valence-electron chi connectivity index (χ3n) is 2.53. The van der Waals surface area contributed by atoms with Crippen LogP contribution in [0.1, 0.15) is 22.5 Å². The molecule has 0 unspecified atom stereocenters. The number of nitrogens with zero attached hydrogens (tertiary/aromatic N) is 1. The molecule has 0 spiro atoms. The van der Waals surface area contributed by atoms with Gasteiger partial charge in [-0.05, 0) is 11.4 Å². The lowest BCUT2D eigenvalue weighted by Gasteiger charge is -2.18. The normalized spacial score (nSPS) is 11.2. The van der Waals surface area contributed by atoms with Crippen molar-refractivity contribution in [2.75, 3.05) is 20.1 Å². The number of halogens is 3. The zero-order chi connectivity index (χ0) is 15.2. The third kappa shape index (κ3) is 6.05. The van der Waals surface area contributed by atoms with E-state index in [0.29, 0.717) is 4.88 Å². The van der Waals surface area contributed by atoms with Crippen LogP contribution in [0, 0.1) is 0 Å². The second-order valence-electron chi connectivity index (χ2n) is 4.16. The van der Waals surface area contributed by atoms with Crippen molar-refractivity contribution >= 4 is 23.2 Å². The number of amides is 2. The summed E-state index contributed by atoms with van der Waals surface area (Å²) < 4.78 is 36.0. The van der Waals surface area contributed by atoms with Crippen LogP contribution in [0.4, 0.5) is 13.2 Å². The molecule has 4 nitrogen and oxygen atoms in total. The number of hydrogen-bond acceptors (Lipinski definition) is 3. The van der Waals surface area contributed by atoms with Gasteiger partial charge in [-0.1, -0.05) is 6.07 Å². The van der Waals surface area contributed by atoms with E-state index in [1.165, 1.54) is 18.4 Å². The minimum atomic E-state index is -4.28. The molecule has 0 aliphatic rings. The van der Waals surface area contributed by atoms with Crippen LogP contribution < -0.4 is 5.32 Å². The van der Waals surface area contributed by atoms with E-state index >= 15 is 0 Å². The van der Waals surface area contributed by atoms with Gasteiger partial charge in [0, 0.05) is 26.6 Å². The first kappa shape index (κ1) is 16.5. The Kier molecular flexibility index (Phi) is 6.00. The maximum absolute atomic E-state index is 12.0. The smallest absolute Gasteiger partial charge is 0.351 e. The molecular formula is C12H15F3N2O2S. The molecule has 0 fully saturated rings.